The van der Waals surface area contributed by atoms with Gasteiger partial charge in [0.25, 0.3) is 0 Å². The van der Waals surface area contributed by atoms with Gasteiger partial charge in [-0.05, 0) is 57.8 Å². The Balaban J connectivity index is 1.55. The van der Waals surface area contributed by atoms with E-state index in [4.69, 9.17) is 0 Å². The van der Waals surface area contributed by atoms with E-state index in [1.807, 2.05) is 0 Å². The number of piperidine rings is 1. The molecule has 0 spiro atoms. The molecule has 0 radical (unpaired) electrons. The average molecular weight is 288 g/mol. The van der Waals surface area contributed by atoms with Gasteiger partial charge in [-0.1, -0.05) is 29.8 Å². The minimum atomic E-state index is -0.358. The molecule has 116 valence electrons. The van der Waals surface area contributed by atoms with Crippen LogP contribution in [0.15, 0.2) is 24.3 Å². The second-order valence-corrected chi connectivity index (χ2v) is 6.73. The van der Waals surface area contributed by atoms with Crippen LogP contribution in [0.25, 0.3) is 0 Å². The fourth-order valence-electron chi connectivity index (χ4n) is 3.74. The lowest BCUT2D eigenvalue weighted by Gasteiger charge is -2.38. The van der Waals surface area contributed by atoms with E-state index in [0.29, 0.717) is 6.04 Å². The number of aliphatic hydroxyl groups excluding tert-OH is 1. The minimum Gasteiger partial charge on any atom is -0.387 e. The molecule has 3 rings (SSSR count). The summed E-state index contributed by atoms with van der Waals surface area (Å²) in [6.07, 6.45) is 4.96. The van der Waals surface area contributed by atoms with Crippen LogP contribution >= 0.6 is 0 Å². The summed E-state index contributed by atoms with van der Waals surface area (Å²) in [5.41, 5.74) is 2.29. The van der Waals surface area contributed by atoms with Crippen molar-refractivity contribution < 1.29 is 5.11 Å². The van der Waals surface area contributed by atoms with Crippen LogP contribution in [-0.2, 0) is 0 Å². The third kappa shape index (κ3) is 3.85. The van der Waals surface area contributed by atoms with Gasteiger partial charge < -0.3 is 5.11 Å². The van der Waals surface area contributed by atoms with Crippen LogP contribution in [0.2, 0.25) is 0 Å². The number of aliphatic hydroxyl groups is 1. The molecule has 0 aromatic heterocycles. The fourth-order valence-corrected chi connectivity index (χ4v) is 3.74. The molecule has 2 unspecified atom stereocenters. The number of benzene rings is 1. The van der Waals surface area contributed by atoms with E-state index in [1.54, 1.807) is 0 Å². The maximum absolute atomic E-state index is 10.5. The molecule has 2 saturated heterocycles. The first-order valence-electron chi connectivity index (χ1n) is 8.43. The topological polar surface area (TPSA) is 26.7 Å². The molecule has 0 saturated carbocycles. The Labute approximate surface area is 128 Å². The lowest BCUT2D eigenvalue weighted by molar-refractivity contribution is 0.0651. The number of aryl methyl sites for hydroxylation is 1. The first-order valence-corrected chi connectivity index (χ1v) is 8.43. The van der Waals surface area contributed by atoms with Crippen LogP contribution < -0.4 is 0 Å². The molecule has 0 amide bonds. The molecule has 2 aliphatic heterocycles. The molecule has 2 aliphatic rings. The van der Waals surface area contributed by atoms with E-state index >= 15 is 0 Å². The molecule has 1 aromatic carbocycles. The highest BCUT2D eigenvalue weighted by Gasteiger charge is 2.27. The lowest BCUT2D eigenvalue weighted by atomic mass is 10.0. The number of rotatable bonds is 4. The van der Waals surface area contributed by atoms with Gasteiger partial charge in [0.2, 0.25) is 0 Å². The Hall–Kier alpha value is -0.900. The van der Waals surface area contributed by atoms with Gasteiger partial charge in [0.15, 0.2) is 0 Å². The Morgan fingerprint density at radius 1 is 1.10 bits per heavy atom. The van der Waals surface area contributed by atoms with Crippen molar-refractivity contribution in [1.29, 1.82) is 0 Å². The minimum absolute atomic E-state index is 0.358. The maximum Gasteiger partial charge on any atom is 0.0916 e. The summed E-state index contributed by atoms with van der Waals surface area (Å²) >= 11 is 0. The predicted octanol–water partition coefficient (Wildman–Crippen LogP) is 2.59. The molecule has 2 atom stereocenters. The molecular formula is C18H28N2O. The molecule has 0 aliphatic carbocycles. The van der Waals surface area contributed by atoms with Gasteiger partial charge in [-0.15, -0.1) is 0 Å². The maximum atomic E-state index is 10.5. The quantitative estimate of drug-likeness (QED) is 0.922. The smallest absolute Gasteiger partial charge is 0.0916 e. The molecule has 3 nitrogen and oxygen atoms in total. The highest BCUT2D eigenvalue weighted by atomic mass is 16.3. The van der Waals surface area contributed by atoms with Crippen molar-refractivity contribution in [2.75, 3.05) is 32.7 Å². The van der Waals surface area contributed by atoms with Crippen molar-refractivity contribution in [3.63, 3.8) is 0 Å². The van der Waals surface area contributed by atoms with Gasteiger partial charge in [-0.3, -0.25) is 9.80 Å². The van der Waals surface area contributed by atoms with Crippen molar-refractivity contribution in [3.05, 3.63) is 35.4 Å². The number of hydrogen-bond donors (Lipinski definition) is 1. The molecule has 21 heavy (non-hydrogen) atoms. The van der Waals surface area contributed by atoms with E-state index in [0.717, 1.165) is 25.2 Å². The third-order valence-electron chi connectivity index (χ3n) is 5.03. The van der Waals surface area contributed by atoms with Crippen LogP contribution in [0.3, 0.4) is 0 Å². The normalized spacial score (nSPS) is 26.1. The Kier molecular flexibility index (Phi) is 4.94. The molecule has 2 fully saturated rings. The van der Waals surface area contributed by atoms with Crippen molar-refractivity contribution in [1.82, 2.24) is 9.80 Å². The molecule has 3 heteroatoms. The van der Waals surface area contributed by atoms with Crippen molar-refractivity contribution in [2.45, 2.75) is 44.8 Å². The summed E-state index contributed by atoms with van der Waals surface area (Å²) in [6, 6.07) is 9.00. The van der Waals surface area contributed by atoms with Crippen LogP contribution in [0.1, 0.15) is 42.9 Å². The standard InChI is InChI=1S/C18H28N2O/c1-15-6-8-16(9-7-15)18(21)14-19-10-4-5-17(13-19)20-11-2-3-12-20/h6-9,17-18,21H,2-5,10-14H2,1H3. The van der Waals surface area contributed by atoms with E-state index in [-0.39, 0.29) is 6.10 Å². The van der Waals surface area contributed by atoms with Gasteiger partial charge in [0, 0.05) is 19.1 Å². The van der Waals surface area contributed by atoms with Crippen molar-refractivity contribution in [3.8, 4) is 0 Å². The molecule has 0 bridgehead atoms. The van der Waals surface area contributed by atoms with Gasteiger partial charge >= 0.3 is 0 Å². The number of hydrogen-bond acceptors (Lipinski definition) is 3. The van der Waals surface area contributed by atoms with E-state index in [1.165, 1.54) is 44.3 Å². The summed E-state index contributed by atoms with van der Waals surface area (Å²) in [5, 5.41) is 10.5. The van der Waals surface area contributed by atoms with Crippen LogP contribution in [0, 0.1) is 6.92 Å². The Morgan fingerprint density at radius 3 is 2.52 bits per heavy atom. The van der Waals surface area contributed by atoms with E-state index in [2.05, 4.69) is 41.0 Å². The van der Waals surface area contributed by atoms with Gasteiger partial charge in [0.1, 0.15) is 0 Å². The second kappa shape index (κ2) is 6.91. The molecular weight excluding hydrogens is 260 g/mol. The van der Waals surface area contributed by atoms with Gasteiger partial charge in [0.05, 0.1) is 6.10 Å². The predicted molar refractivity (Wildman–Crippen MR) is 86.4 cm³/mol. The van der Waals surface area contributed by atoms with Crippen LogP contribution in [0.4, 0.5) is 0 Å². The zero-order valence-electron chi connectivity index (χ0n) is 13.2. The molecule has 2 heterocycles. The van der Waals surface area contributed by atoms with Crippen molar-refractivity contribution >= 4 is 0 Å². The summed E-state index contributed by atoms with van der Waals surface area (Å²) in [6.45, 7) is 7.67. The first kappa shape index (κ1) is 15.0. The zero-order valence-corrected chi connectivity index (χ0v) is 13.2. The SMILES string of the molecule is Cc1ccc(C(O)CN2CCCC(N3CCCC3)C2)cc1. The molecule has 1 aromatic rings. The summed E-state index contributed by atoms with van der Waals surface area (Å²) in [7, 11) is 0. The Bertz CT molecular complexity index is 439. The highest BCUT2D eigenvalue weighted by molar-refractivity contribution is 5.23. The van der Waals surface area contributed by atoms with Gasteiger partial charge in [-0.25, -0.2) is 0 Å². The highest BCUT2D eigenvalue weighted by Crippen LogP contribution is 2.22. The Morgan fingerprint density at radius 2 is 1.81 bits per heavy atom. The van der Waals surface area contributed by atoms with E-state index < -0.39 is 0 Å². The van der Waals surface area contributed by atoms with Crippen LogP contribution in [-0.4, -0.2) is 53.7 Å². The average Bonchev–Trinajstić information content (AvgIpc) is 3.02. The first-order chi connectivity index (χ1) is 10.2. The third-order valence-corrected chi connectivity index (χ3v) is 5.03. The molecule has 1 N–H and O–H groups in total. The monoisotopic (exact) mass is 288 g/mol. The zero-order chi connectivity index (χ0) is 14.7. The van der Waals surface area contributed by atoms with Crippen molar-refractivity contribution in [2.24, 2.45) is 0 Å². The van der Waals surface area contributed by atoms with E-state index in [9.17, 15) is 5.11 Å². The van der Waals surface area contributed by atoms with Gasteiger partial charge in [-0.2, -0.15) is 0 Å². The summed E-state index contributed by atoms with van der Waals surface area (Å²) in [5.74, 6) is 0. The fraction of sp³-hybridized carbons (Fsp3) is 0.667. The number of nitrogens with zero attached hydrogens (tertiary/aromatic N) is 2. The lowest BCUT2D eigenvalue weighted by Crippen LogP contribution is -2.47. The summed E-state index contributed by atoms with van der Waals surface area (Å²) < 4.78 is 0. The number of β-amino-alcohol motifs (C(OH)–C–C–N with tert-alkyl or cyclic N) is 1. The van der Waals surface area contributed by atoms with Crippen LogP contribution in [0.5, 0.6) is 0 Å². The second-order valence-electron chi connectivity index (χ2n) is 6.73. The largest absolute Gasteiger partial charge is 0.387 e. The summed E-state index contributed by atoms with van der Waals surface area (Å²) in [4.78, 5) is 5.11. The number of likely N-dealkylation sites (tertiary alicyclic amines) is 2.